The van der Waals surface area contributed by atoms with Crippen LogP contribution in [0.2, 0.25) is 5.02 Å². The van der Waals surface area contributed by atoms with Crippen LogP contribution in [0, 0.1) is 6.92 Å². The number of halogens is 1. The van der Waals surface area contributed by atoms with Crippen LogP contribution in [0.3, 0.4) is 0 Å². The third kappa shape index (κ3) is 2.97. The maximum absolute atomic E-state index is 6.12. The fourth-order valence-corrected chi connectivity index (χ4v) is 2.71. The Hall–Kier alpha value is -0.570. The van der Waals surface area contributed by atoms with Crippen LogP contribution in [-0.2, 0) is 0 Å². The largest absolute Gasteiger partial charge is 0.143 e. The molecule has 0 amide bonds. The highest BCUT2D eigenvalue weighted by Gasteiger charge is 2.03. The Kier molecular flexibility index (Phi) is 3.85. The Bertz CT molecular complexity index is 492. The van der Waals surface area contributed by atoms with Gasteiger partial charge in [0.25, 0.3) is 0 Å². The lowest BCUT2D eigenvalue weighted by molar-refractivity contribution is 1.32. The van der Waals surface area contributed by atoms with Gasteiger partial charge in [0.1, 0.15) is 0 Å². The Labute approximate surface area is 110 Å². The van der Waals surface area contributed by atoms with E-state index >= 15 is 0 Å². The van der Waals surface area contributed by atoms with E-state index in [0.29, 0.717) is 0 Å². The van der Waals surface area contributed by atoms with E-state index in [-0.39, 0.29) is 0 Å². The van der Waals surface area contributed by atoms with Crippen LogP contribution >= 0.6 is 36.0 Å². The van der Waals surface area contributed by atoms with Gasteiger partial charge >= 0.3 is 0 Å². The van der Waals surface area contributed by atoms with E-state index < -0.39 is 0 Å². The lowest BCUT2D eigenvalue weighted by Crippen LogP contribution is -1.77. The van der Waals surface area contributed by atoms with Gasteiger partial charge in [0.15, 0.2) is 0 Å². The summed E-state index contributed by atoms with van der Waals surface area (Å²) in [6, 6.07) is 14.1. The molecule has 0 N–H and O–H groups in total. The second-order valence-corrected chi connectivity index (χ2v) is 5.57. The lowest BCUT2D eigenvalue weighted by Gasteiger charge is -2.05. The topological polar surface area (TPSA) is 0 Å². The van der Waals surface area contributed by atoms with Gasteiger partial charge in [-0.3, -0.25) is 0 Å². The van der Waals surface area contributed by atoms with Crippen molar-refractivity contribution in [3.05, 3.63) is 53.1 Å². The molecule has 0 unspecified atom stereocenters. The zero-order valence-corrected chi connectivity index (χ0v) is 11.2. The van der Waals surface area contributed by atoms with E-state index in [4.69, 9.17) is 11.6 Å². The van der Waals surface area contributed by atoms with Crippen molar-refractivity contribution in [3.8, 4) is 0 Å². The van der Waals surface area contributed by atoms with Gasteiger partial charge in [-0.2, -0.15) is 0 Å². The summed E-state index contributed by atoms with van der Waals surface area (Å²) in [4.78, 5) is 3.16. The van der Waals surface area contributed by atoms with Gasteiger partial charge in [0.05, 0.1) is 5.02 Å². The molecule has 0 spiro atoms. The first-order chi connectivity index (χ1) is 7.65. The van der Waals surface area contributed by atoms with Gasteiger partial charge in [0, 0.05) is 14.7 Å². The Morgan fingerprint density at radius 3 is 2.44 bits per heavy atom. The molecule has 2 rings (SSSR count). The molecule has 0 fully saturated rings. The first kappa shape index (κ1) is 11.9. The molecule has 0 aromatic heterocycles. The number of hydrogen-bond acceptors (Lipinski definition) is 2. The van der Waals surface area contributed by atoms with Gasteiger partial charge in [-0.15, -0.1) is 12.6 Å². The molecule has 0 saturated heterocycles. The van der Waals surface area contributed by atoms with E-state index in [1.165, 1.54) is 10.5 Å². The molecule has 2 aromatic rings. The molecule has 0 saturated carbocycles. The second kappa shape index (κ2) is 5.17. The summed E-state index contributed by atoms with van der Waals surface area (Å²) in [5.41, 5.74) is 1.26. The minimum Gasteiger partial charge on any atom is -0.143 e. The number of benzene rings is 2. The summed E-state index contributed by atoms with van der Waals surface area (Å²) >= 11 is 12.1. The highest BCUT2D eigenvalue weighted by atomic mass is 35.5. The molecule has 0 atom stereocenters. The minimum atomic E-state index is 0.767. The average molecular weight is 267 g/mol. The fraction of sp³-hybridized carbons (Fsp3) is 0.0769. The summed E-state index contributed by atoms with van der Waals surface area (Å²) in [5.74, 6) is 0. The molecular formula is C13H11ClS2. The second-order valence-electron chi connectivity index (χ2n) is 3.53. The highest BCUT2D eigenvalue weighted by molar-refractivity contribution is 7.99. The maximum Gasteiger partial charge on any atom is 0.0546 e. The average Bonchev–Trinajstić information content (AvgIpc) is 2.27. The van der Waals surface area contributed by atoms with Crippen molar-refractivity contribution in [1.29, 1.82) is 0 Å². The van der Waals surface area contributed by atoms with E-state index in [1.54, 1.807) is 11.8 Å². The Morgan fingerprint density at radius 2 is 1.75 bits per heavy atom. The van der Waals surface area contributed by atoms with E-state index in [0.717, 1.165) is 14.8 Å². The molecule has 0 aliphatic heterocycles. The molecule has 0 radical (unpaired) electrons. The van der Waals surface area contributed by atoms with Crippen molar-refractivity contribution in [2.75, 3.05) is 0 Å². The molecule has 0 bridgehead atoms. The molecule has 82 valence electrons. The number of rotatable bonds is 2. The van der Waals surface area contributed by atoms with Crippen molar-refractivity contribution >= 4 is 36.0 Å². The molecule has 0 nitrogen and oxygen atoms in total. The predicted octanol–water partition coefficient (Wildman–Crippen LogP) is 5.09. The van der Waals surface area contributed by atoms with Crippen molar-refractivity contribution in [2.24, 2.45) is 0 Å². The summed E-state index contributed by atoms with van der Waals surface area (Å²) in [5, 5.41) is 0.767. The number of aryl methyl sites for hydroxylation is 1. The van der Waals surface area contributed by atoms with Crippen molar-refractivity contribution in [3.63, 3.8) is 0 Å². The number of thiol groups is 1. The third-order valence-electron chi connectivity index (χ3n) is 2.16. The first-order valence-corrected chi connectivity index (χ1v) is 6.52. The van der Waals surface area contributed by atoms with Gasteiger partial charge in [-0.1, -0.05) is 41.1 Å². The van der Waals surface area contributed by atoms with Crippen LogP contribution in [0.15, 0.2) is 57.2 Å². The number of hydrogen-bond donors (Lipinski definition) is 1. The van der Waals surface area contributed by atoms with Gasteiger partial charge < -0.3 is 0 Å². The van der Waals surface area contributed by atoms with Crippen LogP contribution in [-0.4, -0.2) is 0 Å². The quantitative estimate of drug-likeness (QED) is 0.739. The summed E-state index contributed by atoms with van der Waals surface area (Å²) in [6.07, 6.45) is 0. The zero-order valence-electron chi connectivity index (χ0n) is 8.77. The van der Waals surface area contributed by atoms with Crippen LogP contribution in [0.4, 0.5) is 0 Å². The van der Waals surface area contributed by atoms with Crippen molar-refractivity contribution < 1.29 is 0 Å². The first-order valence-electron chi connectivity index (χ1n) is 4.88. The smallest absolute Gasteiger partial charge is 0.0546 e. The maximum atomic E-state index is 6.12. The SMILES string of the molecule is Cc1ccc(Sc2cc(S)ccc2Cl)cc1. The Morgan fingerprint density at radius 1 is 1.06 bits per heavy atom. The van der Waals surface area contributed by atoms with Crippen LogP contribution < -0.4 is 0 Å². The summed E-state index contributed by atoms with van der Waals surface area (Å²) in [6.45, 7) is 2.08. The molecular weight excluding hydrogens is 256 g/mol. The Balaban J connectivity index is 2.26. The molecule has 16 heavy (non-hydrogen) atoms. The highest BCUT2D eigenvalue weighted by Crippen LogP contribution is 2.34. The molecule has 2 aromatic carbocycles. The molecule has 3 heteroatoms. The molecule has 0 aliphatic carbocycles. The van der Waals surface area contributed by atoms with Gasteiger partial charge in [-0.05, 0) is 37.3 Å². The van der Waals surface area contributed by atoms with Crippen LogP contribution in [0.5, 0.6) is 0 Å². The van der Waals surface area contributed by atoms with Crippen molar-refractivity contribution in [2.45, 2.75) is 21.6 Å². The summed E-state index contributed by atoms with van der Waals surface area (Å²) < 4.78 is 0. The van der Waals surface area contributed by atoms with E-state index in [1.807, 2.05) is 18.2 Å². The lowest BCUT2D eigenvalue weighted by atomic mass is 10.2. The fourth-order valence-electron chi connectivity index (χ4n) is 1.30. The third-order valence-corrected chi connectivity index (χ3v) is 3.95. The predicted molar refractivity (Wildman–Crippen MR) is 74.0 cm³/mol. The van der Waals surface area contributed by atoms with E-state index in [9.17, 15) is 0 Å². The van der Waals surface area contributed by atoms with Gasteiger partial charge in [-0.25, -0.2) is 0 Å². The monoisotopic (exact) mass is 266 g/mol. The minimum absolute atomic E-state index is 0.767. The standard InChI is InChI=1S/C13H11ClS2/c1-9-2-5-11(6-3-9)16-13-8-10(15)4-7-12(13)14/h2-8,15H,1H3. The van der Waals surface area contributed by atoms with Crippen molar-refractivity contribution in [1.82, 2.24) is 0 Å². The van der Waals surface area contributed by atoms with Crippen LogP contribution in [0.1, 0.15) is 5.56 Å². The summed E-state index contributed by atoms with van der Waals surface area (Å²) in [7, 11) is 0. The zero-order chi connectivity index (χ0) is 11.5. The molecule has 0 heterocycles. The van der Waals surface area contributed by atoms with E-state index in [2.05, 4.69) is 43.8 Å². The normalized spacial score (nSPS) is 10.4. The molecule has 0 aliphatic rings. The van der Waals surface area contributed by atoms with Crippen LogP contribution in [0.25, 0.3) is 0 Å². The van der Waals surface area contributed by atoms with Gasteiger partial charge in [0.2, 0.25) is 0 Å².